The summed E-state index contributed by atoms with van der Waals surface area (Å²) in [6, 6.07) is 16.5. The predicted molar refractivity (Wildman–Crippen MR) is 101 cm³/mol. The molecule has 0 unspecified atom stereocenters. The molecule has 2 aromatic carbocycles. The third kappa shape index (κ3) is 3.25. The first-order valence-corrected chi connectivity index (χ1v) is 8.10. The van der Waals surface area contributed by atoms with Crippen molar-refractivity contribution in [2.75, 3.05) is 12.8 Å². The quantitative estimate of drug-likeness (QED) is 0.689. The molecule has 0 saturated carbocycles. The van der Waals surface area contributed by atoms with Gasteiger partial charge in [-0.1, -0.05) is 47.5 Å². The maximum absolute atomic E-state index is 9.52. The molecule has 4 nitrogen and oxygen atoms in total. The third-order valence-corrected chi connectivity index (χ3v) is 4.51. The molecule has 25 heavy (non-hydrogen) atoms. The van der Waals surface area contributed by atoms with Crippen LogP contribution < -0.4 is 10.5 Å². The van der Waals surface area contributed by atoms with Gasteiger partial charge in [-0.2, -0.15) is 5.26 Å². The van der Waals surface area contributed by atoms with E-state index in [2.05, 4.69) is 11.1 Å². The van der Waals surface area contributed by atoms with Crippen molar-refractivity contribution in [1.82, 2.24) is 4.98 Å². The summed E-state index contributed by atoms with van der Waals surface area (Å²) in [5.74, 6) is 0.789. The van der Waals surface area contributed by atoms with Gasteiger partial charge >= 0.3 is 0 Å². The minimum atomic E-state index is 0.145. The van der Waals surface area contributed by atoms with Gasteiger partial charge in [0, 0.05) is 16.7 Å². The van der Waals surface area contributed by atoms with Crippen LogP contribution in [0.4, 0.5) is 5.82 Å². The topological polar surface area (TPSA) is 71.9 Å². The molecule has 2 N–H and O–H groups in total. The van der Waals surface area contributed by atoms with Gasteiger partial charge < -0.3 is 10.5 Å². The minimum Gasteiger partial charge on any atom is -0.496 e. The first-order chi connectivity index (χ1) is 12.0. The Morgan fingerprint density at radius 2 is 1.80 bits per heavy atom. The number of anilines is 1. The van der Waals surface area contributed by atoms with Gasteiger partial charge in [-0.15, -0.1) is 0 Å². The Kier molecular flexibility index (Phi) is 4.80. The van der Waals surface area contributed by atoms with Gasteiger partial charge in [0.1, 0.15) is 23.2 Å². The lowest BCUT2D eigenvalue weighted by Gasteiger charge is -2.13. The number of pyridine rings is 1. The zero-order chi connectivity index (χ0) is 18.0. The number of nitriles is 1. The number of para-hydroxylation sites is 1. The minimum absolute atomic E-state index is 0.145. The average Bonchev–Trinajstić information content (AvgIpc) is 2.63. The van der Waals surface area contributed by atoms with Crippen LogP contribution >= 0.6 is 23.2 Å². The normalized spacial score (nSPS) is 10.3. The van der Waals surface area contributed by atoms with E-state index in [-0.39, 0.29) is 5.82 Å². The summed E-state index contributed by atoms with van der Waals surface area (Å²) in [6.45, 7) is 0. The molecule has 1 heterocycles. The van der Waals surface area contributed by atoms with E-state index < -0.39 is 0 Å². The van der Waals surface area contributed by atoms with E-state index in [0.717, 1.165) is 11.1 Å². The summed E-state index contributed by atoms with van der Waals surface area (Å²) < 4.78 is 5.41. The second-order valence-corrected chi connectivity index (χ2v) is 6.07. The summed E-state index contributed by atoms with van der Waals surface area (Å²) in [5, 5.41) is 10.4. The molecule has 0 bridgehead atoms. The van der Waals surface area contributed by atoms with E-state index in [4.69, 9.17) is 33.7 Å². The van der Waals surface area contributed by atoms with Crippen LogP contribution in [0.15, 0.2) is 48.5 Å². The van der Waals surface area contributed by atoms with E-state index >= 15 is 0 Å². The Bertz CT molecular complexity index is 996. The molecule has 0 radical (unpaired) electrons. The lowest BCUT2D eigenvalue weighted by molar-refractivity contribution is 0.416. The van der Waals surface area contributed by atoms with E-state index in [9.17, 15) is 5.26 Å². The number of hydrogen-bond donors (Lipinski definition) is 1. The highest BCUT2D eigenvalue weighted by Crippen LogP contribution is 2.37. The zero-order valence-corrected chi connectivity index (χ0v) is 14.8. The van der Waals surface area contributed by atoms with Gasteiger partial charge in [0.2, 0.25) is 0 Å². The highest BCUT2D eigenvalue weighted by molar-refractivity contribution is 6.42. The molecule has 0 amide bonds. The molecule has 0 aliphatic rings. The standard InChI is InChI=1S/C19H13Cl2N3O/c1-25-18-5-3-2-4-12(18)13-9-17(24-19(23)14(13)10-22)11-6-7-15(20)16(21)8-11/h2-9H,1H3,(H2,23,24). The molecule has 3 rings (SSSR count). The molecule has 0 aliphatic carbocycles. The first kappa shape index (κ1) is 17.1. The van der Waals surface area contributed by atoms with Crippen LogP contribution in [0.1, 0.15) is 5.56 Å². The zero-order valence-electron chi connectivity index (χ0n) is 13.3. The summed E-state index contributed by atoms with van der Waals surface area (Å²) in [4.78, 5) is 4.34. The van der Waals surface area contributed by atoms with Crippen molar-refractivity contribution in [3.63, 3.8) is 0 Å². The fourth-order valence-electron chi connectivity index (χ4n) is 2.57. The lowest BCUT2D eigenvalue weighted by atomic mass is 9.97. The number of nitrogens with zero attached hydrogens (tertiary/aromatic N) is 2. The highest BCUT2D eigenvalue weighted by atomic mass is 35.5. The Hall–Kier alpha value is -2.74. The highest BCUT2D eigenvalue weighted by Gasteiger charge is 2.16. The maximum atomic E-state index is 9.52. The van der Waals surface area contributed by atoms with Crippen molar-refractivity contribution in [1.29, 1.82) is 5.26 Å². The van der Waals surface area contributed by atoms with E-state index in [1.165, 1.54) is 0 Å². The molecule has 3 aromatic rings. The molecular formula is C19H13Cl2N3O. The van der Waals surface area contributed by atoms with E-state index in [1.54, 1.807) is 31.4 Å². The van der Waals surface area contributed by atoms with Gasteiger partial charge in [-0.25, -0.2) is 4.98 Å². The predicted octanol–water partition coefficient (Wildman–Crippen LogP) is 5.18. The van der Waals surface area contributed by atoms with Gasteiger partial charge in [-0.3, -0.25) is 0 Å². The van der Waals surface area contributed by atoms with Crippen LogP contribution in [-0.4, -0.2) is 12.1 Å². The Morgan fingerprint density at radius 1 is 1.04 bits per heavy atom. The number of benzene rings is 2. The second kappa shape index (κ2) is 7.02. The monoisotopic (exact) mass is 369 g/mol. The molecule has 0 atom stereocenters. The van der Waals surface area contributed by atoms with Crippen LogP contribution in [0.25, 0.3) is 22.4 Å². The molecule has 6 heteroatoms. The SMILES string of the molecule is COc1ccccc1-c1cc(-c2ccc(Cl)c(Cl)c2)nc(N)c1C#N. The summed E-state index contributed by atoms with van der Waals surface area (Å²) in [5.41, 5.74) is 9.09. The van der Waals surface area contributed by atoms with Gasteiger partial charge in [0.15, 0.2) is 0 Å². The first-order valence-electron chi connectivity index (χ1n) is 7.34. The molecule has 0 fully saturated rings. The van der Waals surface area contributed by atoms with Crippen molar-refractivity contribution in [3.05, 3.63) is 64.1 Å². The molecule has 124 valence electrons. The van der Waals surface area contributed by atoms with Crippen molar-refractivity contribution in [2.45, 2.75) is 0 Å². The summed E-state index contributed by atoms with van der Waals surface area (Å²) >= 11 is 12.1. The Morgan fingerprint density at radius 3 is 2.48 bits per heavy atom. The summed E-state index contributed by atoms with van der Waals surface area (Å²) in [6.07, 6.45) is 0. The number of nitrogen functional groups attached to an aromatic ring is 1. The maximum Gasteiger partial charge on any atom is 0.142 e. The Balaban J connectivity index is 2.26. The van der Waals surface area contributed by atoms with Crippen molar-refractivity contribution in [2.24, 2.45) is 0 Å². The number of nitrogens with two attached hydrogens (primary N) is 1. The van der Waals surface area contributed by atoms with Crippen LogP contribution in [-0.2, 0) is 0 Å². The number of ether oxygens (including phenoxy) is 1. The number of hydrogen-bond acceptors (Lipinski definition) is 4. The van der Waals surface area contributed by atoms with Crippen LogP contribution in [0.2, 0.25) is 10.0 Å². The fourth-order valence-corrected chi connectivity index (χ4v) is 2.86. The molecule has 0 spiro atoms. The number of methoxy groups -OCH3 is 1. The molecular weight excluding hydrogens is 357 g/mol. The smallest absolute Gasteiger partial charge is 0.142 e. The average molecular weight is 370 g/mol. The van der Waals surface area contributed by atoms with Crippen LogP contribution in [0.3, 0.4) is 0 Å². The molecule has 0 aliphatic heterocycles. The van der Waals surface area contributed by atoms with Crippen LogP contribution in [0.5, 0.6) is 5.75 Å². The van der Waals surface area contributed by atoms with E-state index in [1.807, 2.05) is 24.3 Å². The Labute approximate surface area is 155 Å². The molecule has 0 saturated heterocycles. The third-order valence-electron chi connectivity index (χ3n) is 3.77. The van der Waals surface area contributed by atoms with E-state index in [0.29, 0.717) is 32.6 Å². The fraction of sp³-hybridized carbons (Fsp3) is 0.0526. The largest absolute Gasteiger partial charge is 0.496 e. The van der Waals surface area contributed by atoms with Gasteiger partial charge in [-0.05, 0) is 24.3 Å². The van der Waals surface area contributed by atoms with Crippen LogP contribution in [0, 0.1) is 11.3 Å². The van der Waals surface area contributed by atoms with Crippen molar-refractivity contribution < 1.29 is 4.74 Å². The van der Waals surface area contributed by atoms with Crippen molar-refractivity contribution in [3.8, 4) is 34.2 Å². The lowest BCUT2D eigenvalue weighted by Crippen LogP contribution is -2.00. The van der Waals surface area contributed by atoms with Gasteiger partial charge in [0.25, 0.3) is 0 Å². The summed E-state index contributed by atoms with van der Waals surface area (Å²) in [7, 11) is 1.58. The second-order valence-electron chi connectivity index (χ2n) is 5.26. The molecule has 1 aromatic heterocycles. The van der Waals surface area contributed by atoms with Gasteiger partial charge in [0.05, 0.1) is 22.8 Å². The number of halogens is 2. The number of aromatic nitrogens is 1. The number of rotatable bonds is 3. The van der Waals surface area contributed by atoms with Crippen molar-refractivity contribution >= 4 is 29.0 Å².